The van der Waals surface area contributed by atoms with Crippen molar-refractivity contribution in [1.29, 1.82) is 0 Å². The van der Waals surface area contributed by atoms with Crippen LogP contribution in [0, 0.1) is 6.92 Å². The van der Waals surface area contributed by atoms with E-state index < -0.39 is 5.97 Å². The number of rotatable bonds is 2. The molecule has 90 valence electrons. The maximum absolute atomic E-state index is 11.0. The van der Waals surface area contributed by atoms with Gasteiger partial charge in [0.25, 0.3) is 0 Å². The van der Waals surface area contributed by atoms with Crippen molar-refractivity contribution >= 4 is 23.0 Å². The Hall–Kier alpha value is -2.21. The molecule has 0 aliphatic carbocycles. The van der Waals surface area contributed by atoms with E-state index in [1.54, 1.807) is 28.0 Å². The predicted octanol–water partition coefficient (Wildman–Crippen LogP) is 2.46. The number of nitrogens with zero attached hydrogens (tertiary/aromatic N) is 3. The van der Waals surface area contributed by atoms with E-state index in [4.69, 9.17) is 5.11 Å². The van der Waals surface area contributed by atoms with E-state index in [-0.39, 0.29) is 5.56 Å². The summed E-state index contributed by atoms with van der Waals surface area (Å²) in [5.74, 6) is -0.287. The zero-order valence-electron chi connectivity index (χ0n) is 9.49. The predicted molar refractivity (Wildman–Crippen MR) is 68.0 cm³/mol. The Balaban J connectivity index is 2.23. The van der Waals surface area contributed by atoms with E-state index >= 15 is 0 Å². The Morgan fingerprint density at radius 1 is 1.28 bits per heavy atom. The second-order valence-corrected chi connectivity index (χ2v) is 5.17. The molecular weight excluding hydrogens is 250 g/mol. The van der Waals surface area contributed by atoms with Crippen LogP contribution in [-0.2, 0) is 0 Å². The maximum Gasteiger partial charge on any atom is 0.337 e. The molecule has 3 heterocycles. The average Bonchev–Trinajstić information content (AvgIpc) is 2.93. The molecule has 6 heteroatoms. The van der Waals surface area contributed by atoms with Crippen LogP contribution in [0.4, 0.5) is 0 Å². The molecule has 5 nitrogen and oxygen atoms in total. The molecule has 3 rings (SSSR count). The van der Waals surface area contributed by atoms with Gasteiger partial charge in [0.05, 0.1) is 10.4 Å². The van der Waals surface area contributed by atoms with Gasteiger partial charge >= 0.3 is 5.97 Å². The molecule has 0 aliphatic heterocycles. The number of fused-ring (bicyclic) bond motifs is 1. The van der Waals surface area contributed by atoms with Crippen molar-refractivity contribution < 1.29 is 9.90 Å². The van der Waals surface area contributed by atoms with Crippen LogP contribution in [0.2, 0.25) is 0 Å². The largest absolute Gasteiger partial charge is 0.478 e. The Labute approximate surface area is 106 Å². The van der Waals surface area contributed by atoms with Crippen LogP contribution < -0.4 is 0 Å². The summed E-state index contributed by atoms with van der Waals surface area (Å²) in [5, 5.41) is 17.1. The smallest absolute Gasteiger partial charge is 0.337 e. The molecule has 0 spiro atoms. The fourth-order valence-corrected chi connectivity index (χ4v) is 2.59. The first-order chi connectivity index (χ1) is 8.65. The third-order valence-corrected chi connectivity index (χ3v) is 3.61. The van der Waals surface area contributed by atoms with Crippen molar-refractivity contribution in [2.75, 3.05) is 0 Å². The Morgan fingerprint density at radius 3 is 2.78 bits per heavy atom. The molecular formula is C12H9N3O2S. The molecule has 0 aromatic carbocycles. The molecule has 3 aromatic rings. The lowest BCUT2D eigenvalue weighted by Gasteiger charge is -1.98. The summed E-state index contributed by atoms with van der Waals surface area (Å²) >= 11 is 1.60. The quantitative estimate of drug-likeness (QED) is 0.767. The van der Waals surface area contributed by atoms with Crippen LogP contribution >= 0.6 is 11.3 Å². The van der Waals surface area contributed by atoms with Crippen molar-refractivity contribution in [2.24, 2.45) is 0 Å². The van der Waals surface area contributed by atoms with Crippen molar-refractivity contribution in [3.63, 3.8) is 0 Å². The van der Waals surface area contributed by atoms with E-state index in [0.29, 0.717) is 11.5 Å². The number of carboxylic acid groups (broad SMARTS) is 1. The van der Waals surface area contributed by atoms with Crippen molar-refractivity contribution in [1.82, 2.24) is 14.6 Å². The van der Waals surface area contributed by atoms with Gasteiger partial charge in [0.1, 0.15) is 0 Å². The molecule has 0 atom stereocenters. The van der Waals surface area contributed by atoms with Gasteiger partial charge in [0.2, 0.25) is 0 Å². The molecule has 0 saturated carbocycles. The molecule has 0 bridgehead atoms. The number of aryl methyl sites for hydroxylation is 1. The second-order valence-electron chi connectivity index (χ2n) is 3.89. The highest BCUT2D eigenvalue weighted by Gasteiger charge is 2.12. The second kappa shape index (κ2) is 3.92. The summed E-state index contributed by atoms with van der Waals surface area (Å²) in [6.45, 7) is 2.01. The van der Waals surface area contributed by atoms with E-state index in [1.807, 2.05) is 19.1 Å². The van der Waals surface area contributed by atoms with Gasteiger partial charge in [0, 0.05) is 11.1 Å². The number of hydrogen-bond acceptors (Lipinski definition) is 4. The Kier molecular flexibility index (Phi) is 2.38. The number of thiophene rings is 1. The number of carbonyl (C=O) groups is 1. The fraction of sp³-hybridized carbons (Fsp3) is 0.0833. The number of carboxylic acids is 1. The first kappa shape index (κ1) is 10.9. The van der Waals surface area contributed by atoms with Gasteiger partial charge in [0.15, 0.2) is 11.5 Å². The maximum atomic E-state index is 11.0. The van der Waals surface area contributed by atoms with Crippen molar-refractivity contribution in [3.8, 4) is 10.7 Å². The van der Waals surface area contributed by atoms with Crippen LogP contribution in [0.3, 0.4) is 0 Å². The number of aromatic carboxylic acids is 1. The van der Waals surface area contributed by atoms with Gasteiger partial charge in [-0.3, -0.25) is 4.40 Å². The highest BCUT2D eigenvalue weighted by molar-refractivity contribution is 7.15. The van der Waals surface area contributed by atoms with Crippen LogP contribution in [0.1, 0.15) is 15.2 Å². The van der Waals surface area contributed by atoms with Crippen LogP contribution in [-0.4, -0.2) is 25.7 Å². The zero-order valence-corrected chi connectivity index (χ0v) is 10.3. The average molecular weight is 259 g/mol. The summed E-state index contributed by atoms with van der Waals surface area (Å²) in [4.78, 5) is 13.1. The van der Waals surface area contributed by atoms with Crippen LogP contribution in [0.5, 0.6) is 0 Å². The first-order valence-electron chi connectivity index (χ1n) is 5.30. The molecule has 0 radical (unpaired) electrons. The molecule has 0 saturated heterocycles. The number of hydrogen-bond donors (Lipinski definition) is 1. The monoisotopic (exact) mass is 259 g/mol. The topological polar surface area (TPSA) is 67.5 Å². The zero-order chi connectivity index (χ0) is 12.7. The SMILES string of the molecule is Cc1ccc(-c2nnc3ccc(C(=O)O)cn23)s1. The highest BCUT2D eigenvalue weighted by Crippen LogP contribution is 2.26. The van der Waals surface area contributed by atoms with Gasteiger partial charge in [-0.05, 0) is 31.2 Å². The lowest BCUT2D eigenvalue weighted by atomic mass is 10.3. The standard InChI is InChI=1S/C12H9N3O2S/c1-7-2-4-9(18-7)11-14-13-10-5-3-8(12(16)17)6-15(10)11/h2-6H,1H3,(H,16,17). The molecule has 0 fully saturated rings. The third kappa shape index (κ3) is 1.67. The minimum absolute atomic E-state index is 0.219. The van der Waals surface area contributed by atoms with E-state index in [1.165, 1.54) is 10.9 Å². The van der Waals surface area contributed by atoms with Crippen molar-refractivity contribution in [2.45, 2.75) is 6.92 Å². The van der Waals surface area contributed by atoms with E-state index in [2.05, 4.69) is 10.2 Å². The normalized spacial score (nSPS) is 10.9. The summed E-state index contributed by atoms with van der Waals surface area (Å²) in [6, 6.07) is 7.14. The van der Waals surface area contributed by atoms with Gasteiger partial charge < -0.3 is 5.11 Å². The molecule has 0 amide bonds. The number of pyridine rings is 1. The summed E-state index contributed by atoms with van der Waals surface area (Å²) < 4.78 is 1.70. The first-order valence-corrected chi connectivity index (χ1v) is 6.12. The minimum Gasteiger partial charge on any atom is -0.478 e. The van der Waals surface area contributed by atoms with Gasteiger partial charge in [-0.1, -0.05) is 0 Å². The molecule has 0 aliphatic rings. The van der Waals surface area contributed by atoms with E-state index in [9.17, 15) is 4.79 Å². The lowest BCUT2D eigenvalue weighted by molar-refractivity contribution is 0.0696. The van der Waals surface area contributed by atoms with Gasteiger partial charge in [-0.2, -0.15) is 0 Å². The molecule has 3 aromatic heterocycles. The van der Waals surface area contributed by atoms with Gasteiger partial charge in [-0.15, -0.1) is 21.5 Å². The lowest BCUT2D eigenvalue weighted by Crippen LogP contribution is -1.99. The molecule has 0 unspecified atom stereocenters. The molecule has 18 heavy (non-hydrogen) atoms. The Morgan fingerprint density at radius 2 is 2.11 bits per heavy atom. The molecule has 1 N–H and O–H groups in total. The Bertz CT molecular complexity index is 745. The fourth-order valence-electron chi connectivity index (χ4n) is 1.74. The highest BCUT2D eigenvalue weighted by atomic mass is 32.1. The summed E-state index contributed by atoms with van der Waals surface area (Å²) in [6.07, 6.45) is 1.54. The van der Waals surface area contributed by atoms with Crippen LogP contribution in [0.25, 0.3) is 16.3 Å². The van der Waals surface area contributed by atoms with Crippen LogP contribution in [0.15, 0.2) is 30.5 Å². The van der Waals surface area contributed by atoms with Crippen molar-refractivity contribution in [3.05, 3.63) is 40.9 Å². The van der Waals surface area contributed by atoms with E-state index in [0.717, 1.165) is 4.88 Å². The third-order valence-electron chi connectivity index (χ3n) is 2.61. The summed E-state index contributed by atoms with van der Waals surface area (Å²) in [7, 11) is 0. The minimum atomic E-state index is -0.959. The number of aromatic nitrogens is 3. The summed E-state index contributed by atoms with van der Waals surface area (Å²) in [5.41, 5.74) is 0.859. The van der Waals surface area contributed by atoms with Gasteiger partial charge in [-0.25, -0.2) is 4.79 Å².